The lowest BCUT2D eigenvalue weighted by molar-refractivity contribution is -0.119. The van der Waals surface area contributed by atoms with Crippen molar-refractivity contribution in [2.24, 2.45) is 0 Å². The zero-order valence-electron chi connectivity index (χ0n) is 18.2. The number of fused-ring (bicyclic) bond motifs is 1. The van der Waals surface area contributed by atoms with E-state index in [9.17, 15) is 14.4 Å². The second-order valence-electron chi connectivity index (χ2n) is 7.67. The maximum Gasteiger partial charge on any atom is 0.257 e. The molecule has 1 aliphatic rings. The Morgan fingerprint density at radius 2 is 1.73 bits per heavy atom. The lowest BCUT2D eigenvalue weighted by Crippen LogP contribution is -2.50. The molecule has 0 unspecified atom stereocenters. The summed E-state index contributed by atoms with van der Waals surface area (Å²) in [6, 6.07) is 21.3. The number of benzene rings is 3. The first kappa shape index (κ1) is 22.4. The number of para-hydroxylation sites is 1. The standard InChI is InChI=1S/C25H23ClN4O3/c1-27-22(31)15-30-21-13-6-4-11-19(21)25(33)29(2)24(30)16-8-7-9-17(14-16)28-23(32)18-10-3-5-12-20(18)26/h3-14,24H,15H2,1-2H3,(H,27,31)(H,28,32)/t24-/m1/s1. The average molecular weight is 463 g/mol. The number of nitrogens with zero attached hydrogens (tertiary/aromatic N) is 2. The normalized spacial score (nSPS) is 15.1. The van der Waals surface area contributed by atoms with Crippen molar-refractivity contribution in [1.29, 1.82) is 0 Å². The highest BCUT2D eigenvalue weighted by Crippen LogP contribution is 2.38. The monoisotopic (exact) mass is 462 g/mol. The minimum atomic E-state index is -0.540. The van der Waals surface area contributed by atoms with Crippen LogP contribution in [0.25, 0.3) is 0 Å². The van der Waals surface area contributed by atoms with E-state index in [1.54, 1.807) is 73.6 Å². The second-order valence-corrected chi connectivity index (χ2v) is 8.07. The Balaban J connectivity index is 1.71. The van der Waals surface area contributed by atoms with Crippen LogP contribution >= 0.6 is 11.6 Å². The van der Waals surface area contributed by atoms with Crippen LogP contribution in [0, 0.1) is 0 Å². The Morgan fingerprint density at radius 1 is 1.00 bits per heavy atom. The molecule has 3 aromatic carbocycles. The molecule has 0 saturated heterocycles. The molecule has 33 heavy (non-hydrogen) atoms. The molecule has 4 rings (SSSR count). The SMILES string of the molecule is CNC(=O)CN1c2ccccc2C(=O)N(C)[C@H]1c1cccc(NC(=O)c2ccccc2Cl)c1. The van der Waals surface area contributed by atoms with Gasteiger partial charge in [-0.1, -0.05) is 48.0 Å². The molecule has 8 heteroatoms. The number of rotatable bonds is 5. The highest BCUT2D eigenvalue weighted by molar-refractivity contribution is 6.34. The summed E-state index contributed by atoms with van der Waals surface area (Å²) in [7, 11) is 3.28. The van der Waals surface area contributed by atoms with Crippen molar-refractivity contribution in [3.05, 3.63) is 94.5 Å². The third-order valence-corrected chi connectivity index (χ3v) is 5.91. The lowest BCUT2D eigenvalue weighted by Gasteiger charge is -2.44. The minimum Gasteiger partial charge on any atom is -0.358 e. The fraction of sp³-hybridized carbons (Fsp3) is 0.160. The van der Waals surface area contributed by atoms with E-state index >= 15 is 0 Å². The average Bonchev–Trinajstić information content (AvgIpc) is 2.82. The van der Waals surface area contributed by atoms with Gasteiger partial charge in [0.1, 0.15) is 6.17 Å². The van der Waals surface area contributed by atoms with Crippen molar-refractivity contribution >= 4 is 40.7 Å². The topological polar surface area (TPSA) is 81.8 Å². The summed E-state index contributed by atoms with van der Waals surface area (Å²) < 4.78 is 0. The van der Waals surface area contributed by atoms with Crippen LogP contribution in [0.3, 0.4) is 0 Å². The fourth-order valence-corrected chi connectivity index (χ4v) is 4.20. The van der Waals surface area contributed by atoms with Gasteiger partial charge in [-0.3, -0.25) is 14.4 Å². The number of carbonyl (C=O) groups is 3. The molecular formula is C25H23ClN4O3. The zero-order valence-corrected chi connectivity index (χ0v) is 19.0. The van der Waals surface area contributed by atoms with E-state index in [1.807, 2.05) is 23.1 Å². The van der Waals surface area contributed by atoms with E-state index in [2.05, 4.69) is 10.6 Å². The molecule has 0 radical (unpaired) electrons. The van der Waals surface area contributed by atoms with Gasteiger partial charge in [0.05, 0.1) is 28.4 Å². The summed E-state index contributed by atoms with van der Waals surface area (Å²) >= 11 is 6.15. The lowest BCUT2D eigenvalue weighted by atomic mass is 10.0. The first-order valence-electron chi connectivity index (χ1n) is 10.4. The van der Waals surface area contributed by atoms with E-state index in [-0.39, 0.29) is 24.3 Å². The van der Waals surface area contributed by atoms with E-state index in [0.29, 0.717) is 27.5 Å². The zero-order chi connectivity index (χ0) is 23.5. The molecule has 1 heterocycles. The maximum atomic E-state index is 13.1. The van der Waals surface area contributed by atoms with Gasteiger partial charge in [-0.2, -0.15) is 0 Å². The number of nitrogens with one attached hydrogen (secondary N) is 2. The predicted molar refractivity (Wildman–Crippen MR) is 129 cm³/mol. The maximum absolute atomic E-state index is 13.1. The summed E-state index contributed by atoms with van der Waals surface area (Å²) in [6.45, 7) is 0.0615. The Hall–Kier alpha value is -3.84. The van der Waals surface area contributed by atoms with Crippen LogP contribution in [0.1, 0.15) is 32.4 Å². The van der Waals surface area contributed by atoms with Crippen LogP contribution in [0.5, 0.6) is 0 Å². The number of anilines is 2. The third-order valence-electron chi connectivity index (χ3n) is 5.58. The van der Waals surface area contributed by atoms with Gasteiger partial charge in [0.25, 0.3) is 11.8 Å². The molecular weight excluding hydrogens is 440 g/mol. The first-order chi connectivity index (χ1) is 15.9. The number of hydrogen-bond acceptors (Lipinski definition) is 4. The predicted octanol–water partition coefficient (Wildman–Crippen LogP) is 3.93. The van der Waals surface area contributed by atoms with Gasteiger partial charge in [-0.15, -0.1) is 0 Å². The first-order valence-corrected chi connectivity index (χ1v) is 10.8. The third kappa shape index (κ3) is 4.40. The molecule has 0 fully saturated rings. The highest BCUT2D eigenvalue weighted by atomic mass is 35.5. The molecule has 0 aromatic heterocycles. The van der Waals surface area contributed by atoms with Gasteiger partial charge in [-0.25, -0.2) is 0 Å². The van der Waals surface area contributed by atoms with Gasteiger partial charge < -0.3 is 20.4 Å². The summed E-state index contributed by atoms with van der Waals surface area (Å²) in [5.41, 5.74) is 2.88. The van der Waals surface area contributed by atoms with Crippen LogP contribution in [-0.4, -0.2) is 43.3 Å². The van der Waals surface area contributed by atoms with E-state index in [4.69, 9.17) is 11.6 Å². The Morgan fingerprint density at radius 3 is 2.48 bits per heavy atom. The Kier molecular flexibility index (Phi) is 6.33. The van der Waals surface area contributed by atoms with Crippen LogP contribution in [0.2, 0.25) is 5.02 Å². The van der Waals surface area contributed by atoms with Gasteiger partial charge >= 0.3 is 0 Å². The Labute approximate surface area is 197 Å². The number of likely N-dealkylation sites (N-methyl/N-ethyl adjacent to an activating group) is 1. The molecule has 1 atom stereocenters. The molecule has 3 aromatic rings. The van der Waals surface area contributed by atoms with Gasteiger partial charge in [0.2, 0.25) is 5.91 Å². The summed E-state index contributed by atoms with van der Waals surface area (Å²) in [6.07, 6.45) is -0.540. The summed E-state index contributed by atoms with van der Waals surface area (Å²) in [5, 5.41) is 5.87. The number of carbonyl (C=O) groups excluding carboxylic acids is 3. The van der Waals surface area contributed by atoms with E-state index in [0.717, 1.165) is 5.56 Å². The summed E-state index contributed by atoms with van der Waals surface area (Å²) in [5.74, 6) is -0.659. The van der Waals surface area contributed by atoms with Crippen molar-refractivity contribution in [3.8, 4) is 0 Å². The van der Waals surface area contributed by atoms with Crippen molar-refractivity contribution < 1.29 is 14.4 Å². The molecule has 2 N–H and O–H groups in total. The van der Waals surface area contributed by atoms with Crippen LogP contribution in [0.15, 0.2) is 72.8 Å². The highest BCUT2D eigenvalue weighted by Gasteiger charge is 2.37. The van der Waals surface area contributed by atoms with Crippen molar-refractivity contribution in [2.45, 2.75) is 6.17 Å². The molecule has 0 aliphatic carbocycles. The van der Waals surface area contributed by atoms with Crippen molar-refractivity contribution in [2.75, 3.05) is 30.9 Å². The quantitative estimate of drug-likeness (QED) is 0.602. The number of hydrogen-bond donors (Lipinski definition) is 2. The van der Waals surface area contributed by atoms with E-state index in [1.165, 1.54) is 0 Å². The fourth-order valence-electron chi connectivity index (χ4n) is 3.98. The molecule has 3 amide bonds. The van der Waals surface area contributed by atoms with Crippen LogP contribution in [0.4, 0.5) is 11.4 Å². The van der Waals surface area contributed by atoms with Gasteiger partial charge in [-0.05, 0) is 42.0 Å². The van der Waals surface area contributed by atoms with Crippen molar-refractivity contribution in [1.82, 2.24) is 10.2 Å². The van der Waals surface area contributed by atoms with Gasteiger partial charge in [0.15, 0.2) is 0 Å². The molecule has 0 spiro atoms. The Bertz CT molecular complexity index is 1230. The van der Waals surface area contributed by atoms with Crippen LogP contribution in [-0.2, 0) is 4.79 Å². The van der Waals surface area contributed by atoms with E-state index < -0.39 is 6.17 Å². The molecule has 0 bridgehead atoms. The largest absolute Gasteiger partial charge is 0.358 e. The van der Waals surface area contributed by atoms with Crippen LogP contribution < -0.4 is 15.5 Å². The second kappa shape index (κ2) is 9.34. The minimum absolute atomic E-state index is 0.0615. The van der Waals surface area contributed by atoms with Gasteiger partial charge in [0, 0.05) is 19.8 Å². The molecule has 0 saturated carbocycles. The molecule has 1 aliphatic heterocycles. The molecule has 168 valence electrons. The number of amides is 3. The van der Waals surface area contributed by atoms with Crippen molar-refractivity contribution in [3.63, 3.8) is 0 Å². The summed E-state index contributed by atoms with van der Waals surface area (Å²) in [4.78, 5) is 41.6. The molecule has 7 nitrogen and oxygen atoms in total. The smallest absolute Gasteiger partial charge is 0.257 e. The number of halogens is 1.